The fourth-order valence-corrected chi connectivity index (χ4v) is 5.03. The number of ether oxygens (including phenoxy) is 2. The Hall–Kier alpha value is -5.07. The third kappa shape index (κ3) is 5.57. The lowest BCUT2D eigenvalue weighted by Crippen LogP contribution is -2.31. The van der Waals surface area contributed by atoms with Crippen molar-refractivity contribution in [3.8, 4) is 17.1 Å². The van der Waals surface area contributed by atoms with Crippen LogP contribution < -0.4 is 4.74 Å². The molecule has 6 rings (SSSR count). The molecule has 5 aromatic rings. The minimum absolute atomic E-state index is 0.000607. The number of fused-ring (bicyclic) bond motifs is 1. The first kappa shape index (κ1) is 27.1. The van der Waals surface area contributed by atoms with Gasteiger partial charge in [0.1, 0.15) is 18.2 Å². The van der Waals surface area contributed by atoms with Gasteiger partial charge in [-0.15, -0.1) is 0 Å². The molecule has 9 heteroatoms. The molecule has 42 heavy (non-hydrogen) atoms. The van der Waals surface area contributed by atoms with Crippen LogP contribution in [0.4, 0.5) is 10.1 Å². The molecule has 0 bridgehead atoms. The zero-order valence-electron chi connectivity index (χ0n) is 22.9. The Bertz CT molecular complexity index is 1860. The summed E-state index contributed by atoms with van der Waals surface area (Å²) in [5.74, 6) is -0.232. The summed E-state index contributed by atoms with van der Waals surface area (Å²) in [6.45, 7) is 10.4. The number of imidazole rings is 1. The molecule has 0 amide bonds. The molecule has 1 fully saturated rings. The van der Waals surface area contributed by atoms with E-state index in [9.17, 15) is 14.3 Å². The van der Waals surface area contributed by atoms with Gasteiger partial charge in [-0.1, -0.05) is 30.3 Å². The second-order valence-corrected chi connectivity index (χ2v) is 10.3. The van der Waals surface area contributed by atoms with Crippen LogP contribution in [0.3, 0.4) is 0 Å². The Labute approximate surface area is 241 Å². The molecule has 1 atom stereocenters. The van der Waals surface area contributed by atoms with Crippen LogP contribution in [0.2, 0.25) is 0 Å². The highest BCUT2D eigenvalue weighted by Crippen LogP contribution is 2.27. The molecule has 2 aromatic heterocycles. The quantitative estimate of drug-likeness (QED) is 0.200. The molecular weight excluding hydrogens is 535 g/mol. The van der Waals surface area contributed by atoms with Gasteiger partial charge in [-0.3, -0.25) is 0 Å². The SMILES string of the molecule is [C-]#[N+]c1ccc(COc2cccc(-c3ccc(Cc4nc5ccc(C(=O)O)cc5n4C[C@@H]4CCO4)c(C)c3)n2)c(F)c1. The van der Waals surface area contributed by atoms with E-state index >= 15 is 0 Å². The Morgan fingerprint density at radius 3 is 2.67 bits per heavy atom. The van der Waals surface area contributed by atoms with E-state index in [1.54, 1.807) is 36.4 Å². The van der Waals surface area contributed by atoms with Crippen molar-refractivity contribution >= 4 is 22.7 Å². The van der Waals surface area contributed by atoms with E-state index in [1.807, 2.05) is 25.1 Å². The predicted octanol–water partition coefficient (Wildman–Crippen LogP) is 6.75. The van der Waals surface area contributed by atoms with Gasteiger partial charge >= 0.3 is 5.97 Å². The van der Waals surface area contributed by atoms with Crippen molar-refractivity contribution in [3.63, 3.8) is 0 Å². The molecule has 1 N–H and O–H groups in total. The summed E-state index contributed by atoms with van der Waals surface area (Å²) < 4.78 is 27.8. The van der Waals surface area contributed by atoms with E-state index < -0.39 is 11.8 Å². The number of benzene rings is 3. The lowest BCUT2D eigenvalue weighted by Gasteiger charge is -2.27. The second-order valence-electron chi connectivity index (χ2n) is 10.3. The smallest absolute Gasteiger partial charge is 0.335 e. The monoisotopic (exact) mass is 562 g/mol. The fraction of sp³-hybridized carbons (Fsp3) is 0.212. The van der Waals surface area contributed by atoms with E-state index in [-0.39, 0.29) is 24.0 Å². The molecule has 0 unspecified atom stereocenters. The minimum Gasteiger partial charge on any atom is -0.478 e. The maximum absolute atomic E-state index is 14.3. The van der Waals surface area contributed by atoms with Crippen molar-refractivity contribution in [1.82, 2.24) is 14.5 Å². The number of pyridine rings is 1. The number of nitrogens with zero attached hydrogens (tertiary/aromatic N) is 4. The molecule has 210 valence electrons. The number of aromatic carboxylic acids is 1. The van der Waals surface area contributed by atoms with Crippen molar-refractivity contribution < 1.29 is 23.8 Å². The molecule has 1 saturated heterocycles. The number of carboxylic acids is 1. The number of hydrogen-bond acceptors (Lipinski definition) is 5. The Morgan fingerprint density at radius 1 is 1.12 bits per heavy atom. The molecule has 1 aliphatic heterocycles. The summed E-state index contributed by atoms with van der Waals surface area (Å²) in [5, 5.41) is 9.51. The summed E-state index contributed by atoms with van der Waals surface area (Å²) in [7, 11) is 0. The van der Waals surface area contributed by atoms with Gasteiger partial charge < -0.3 is 19.1 Å². The molecule has 0 radical (unpaired) electrons. The molecule has 1 aliphatic rings. The number of aromatic nitrogens is 3. The molecule has 0 spiro atoms. The van der Waals surface area contributed by atoms with Crippen LogP contribution in [-0.2, 0) is 24.3 Å². The summed E-state index contributed by atoms with van der Waals surface area (Å²) >= 11 is 0. The Kier molecular flexibility index (Phi) is 7.38. The van der Waals surface area contributed by atoms with Gasteiger partial charge in [0, 0.05) is 30.2 Å². The number of aryl methyl sites for hydroxylation is 1. The van der Waals surface area contributed by atoms with Gasteiger partial charge in [0.15, 0.2) is 5.69 Å². The highest BCUT2D eigenvalue weighted by Gasteiger charge is 2.23. The Balaban J connectivity index is 1.23. The van der Waals surface area contributed by atoms with Gasteiger partial charge in [0.2, 0.25) is 5.88 Å². The number of carbonyl (C=O) groups is 1. The van der Waals surface area contributed by atoms with Crippen LogP contribution in [-0.4, -0.2) is 38.3 Å². The average Bonchev–Trinajstić information content (AvgIpc) is 3.31. The van der Waals surface area contributed by atoms with Crippen LogP contribution in [0.5, 0.6) is 5.88 Å². The fourth-order valence-electron chi connectivity index (χ4n) is 5.03. The first-order valence-electron chi connectivity index (χ1n) is 13.6. The summed E-state index contributed by atoms with van der Waals surface area (Å²) in [6, 6.07) is 20.9. The van der Waals surface area contributed by atoms with E-state index in [4.69, 9.17) is 21.0 Å². The van der Waals surface area contributed by atoms with E-state index in [1.165, 1.54) is 6.07 Å². The molecule has 8 nitrogen and oxygen atoms in total. The van der Waals surface area contributed by atoms with E-state index in [2.05, 4.69) is 26.5 Å². The van der Waals surface area contributed by atoms with Gasteiger partial charge in [0.05, 0.1) is 41.5 Å². The first-order chi connectivity index (χ1) is 20.4. The molecule has 0 aliphatic carbocycles. The molecular formula is C33H27FN4O4. The number of carboxylic acid groups (broad SMARTS) is 1. The average molecular weight is 563 g/mol. The van der Waals surface area contributed by atoms with Gasteiger partial charge in [-0.2, -0.15) is 0 Å². The van der Waals surface area contributed by atoms with Crippen LogP contribution in [0.25, 0.3) is 27.1 Å². The van der Waals surface area contributed by atoms with Gasteiger partial charge in [-0.25, -0.2) is 24.0 Å². The van der Waals surface area contributed by atoms with Gasteiger partial charge in [-0.05, 0) is 60.9 Å². The summed E-state index contributed by atoms with van der Waals surface area (Å²) in [4.78, 5) is 24.3. The first-order valence-corrected chi connectivity index (χ1v) is 13.6. The highest BCUT2D eigenvalue weighted by atomic mass is 19.1. The predicted molar refractivity (Wildman–Crippen MR) is 155 cm³/mol. The van der Waals surface area contributed by atoms with Crippen molar-refractivity contribution in [2.45, 2.75) is 39.0 Å². The summed E-state index contributed by atoms with van der Waals surface area (Å²) in [5.41, 5.74) is 6.16. The van der Waals surface area contributed by atoms with Crippen LogP contribution in [0.1, 0.15) is 39.3 Å². The third-order valence-corrected chi connectivity index (χ3v) is 7.51. The van der Waals surface area contributed by atoms with Crippen molar-refractivity contribution in [2.24, 2.45) is 0 Å². The lowest BCUT2D eigenvalue weighted by atomic mass is 10.0. The van der Waals surface area contributed by atoms with Crippen LogP contribution >= 0.6 is 0 Å². The lowest BCUT2D eigenvalue weighted by molar-refractivity contribution is -0.0589. The van der Waals surface area contributed by atoms with Crippen LogP contribution in [0.15, 0.2) is 72.8 Å². The van der Waals surface area contributed by atoms with Crippen LogP contribution in [0, 0.1) is 19.3 Å². The maximum Gasteiger partial charge on any atom is 0.335 e. The standard InChI is InChI=1S/C33H27FN4O4/c1-20-14-22(28-4-3-5-32(37-28)42-19-24-8-10-25(35-2)17-27(24)34)7-6-21(20)16-31-36-29-11-9-23(33(39)40)15-30(29)38(31)18-26-12-13-41-26/h3-11,14-15,17,26H,12-13,16,18-19H2,1H3,(H,39,40)/t26-/m0/s1. The number of halogens is 1. The van der Waals surface area contributed by atoms with Gasteiger partial charge in [0.25, 0.3) is 0 Å². The maximum atomic E-state index is 14.3. The van der Waals surface area contributed by atoms with E-state index in [0.717, 1.165) is 52.3 Å². The zero-order chi connectivity index (χ0) is 29.2. The summed E-state index contributed by atoms with van der Waals surface area (Å²) in [6.07, 6.45) is 1.63. The number of rotatable bonds is 9. The topological polar surface area (TPSA) is 90.8 Å². The highest BCUT2D eigenvalue weighted by molar-refractivity contribution is 5.92. The van der Waals surface area contributed by atoms with Crippen molar-refractivity contribution in [1.29, 1.82) is 0 Å². The molecule has 0 saturated carbocycles. The van der Waals surface area contributed by atoms with Crippen molar-refractivity contribution in [3.05, 3.63) is 118 Å². The normalized spacial score (nSPS) is 14.4. The molecule has 3 heterocycles. The third-order valence-electron chi connectivity index (χ3n) is 7.51. The minimum atomic E-state index is -0.969. The molecule has 3 aromatic carbocycles. The second kappa shape index (κ2) is 11.4. The van der Waals surface area contributed by atoms with E-state index in [0.29, 0.717) is 24.4 Å². The zero-order valence-corrected chi connectivity index (χ0v) is 22.9. The Morgan fingerprint density at radius 2 is 1.95 bits per heavy atom. The largest absolute Gasteiger partial charge is 0.478 e. The van der Waals surface area contributed by atoms with Crippen molar-refractivity contribution in [2.75, 3.05) is 6.61 Å². The number of hydrogen-bond donors (Lipinski definition) is 1.